The normalized spacial score (nSPS) is 12.2. The number of carbonyl (C=O) groups excluding carboxylic acids is 1. The lowest BCUT2D eigenvalue weighted by Crippen LogP contribution is -2.36. The highest BCUT2D eigenvalue weighted by atomic mass is 35.5. The minimum Gasteiger partial charge on any atom is -0.408 e. The number of hydrogen-bond donors (Lipinski definition) is 2. The fourth-order valence-electron chi connectivity index (χ4n) is 2.05. The molecule has 1 heterocycles. The molecule has 7 heteroatoms. The summed E-state index contributed by atoms with van der Waals surface area (Å²) in [4.78, 5) is 23.3. The van der Waals surface area contributed by atoms with Crippen LogP contribution in [0, 0.1) is 5.92 Å². The van der Waals surface area contributed by atoms with Crippen LogP contribution in [0.1, 0.15) is 20.3 Å². The molecule has 1 aromatic carbocycles. The number of hydrogen-bond acceptors (Lipinski definition) is 4. The van der Waals surface area contributed by atoms with Crippen LogP contribution in [0.5, 0.6) is 0 Å². The Hall–Kier alpha value is -1.79. The van der Waals surface area contributed by atoms with Gasteiger partial charge in [-0.3, -0.25) is 9.36 Å². The second kappa shape index (κ2) is 6.78. The Morgan fingerprint density at radius 3 is 2.71 bits per heavy atom. The predicted octanol–water partition coefficient (Wildman–Crippen LogP) is 1.87. The molecule has 1 amide bonds. The van der Waals surface area contributed by atoms with Gasteiger partial charge in [0.15, 0.2) is 5.58 Å². The molecule has 0 saturated heterocycles. The maximum absolute atomic E-state index is 11.9. The van der Waals surface area contributed by atoms with Gasteiger partial charge in [-0.1, -0.05) is 13.8 Å². The number of oxazole rings is 1. The van der Waals surface area contributed by atoms with E-state index in [0.29, 0.717) is 29.1 Å². The van der Waals surface area contributed by atoms with Gasteiger partial charge >= 0.3 is 5.76 Å². The van der Waals surface area contributed by atoms with E-state index in [1.807, 2.05) is 13.8 Å². The van der Waals surface area contributed by atoms with Crippen LogP contribution in [0.2, 0.25) is 0 Å². The lowest BCUT2D eigenvalue weighted by atomic mass is 10.0. The number of aryl methyl sites for hydroxylation is 1. The van der Waals surface area contributed by atoms with E-state index in [9.17, 15) is 9.59 Å². The predicted molar refractivity (Wildman–Crippen MR) is 84.8 cm³/mol. The number of rotatable bonds is 4. The zero-order chi connectivity index (χ0) is 14.9. The smallest absolute Gasteiger partial charge is 0.408 e. The lowest BCUT2D eigenvalue weighted by Gasteiger charge is -2.14. The van der Waals surface area contributed by atoms with Crippen molar-refractivity contribution in [1.29, 1.82) is 0 Å². The summed E-state index contributed by atoms with van der Waals surface area (Å²) in [5, 5.41) is 2.75. The van der Waals surface area contributed by atoms with E-state index in [2.05, 4.69) is 5.32 Å². The maximum Gasteiger partial charge on any atom is 0.419 e. The van der Waals surface area contributed by atoms with E-state index in [4.69, 9.17) is 10.2 Å². The Balaban J connectivity index is 0.00000220. The van der Waals surface area contributed by atoms with Crippen LogP contribution in [0.15, 0.2) is 27.4 Å². The van der Waals surface area contributed by atoms with Crippen molar-refractivity contribution in [2.24, 2.45) is 18.7 Å². The molecule has 1 atom stereocenters. The second-order valence-electron chi connectivity index (χ2n) is 5.33. The average Bonchev–Trinajstić information content (AvgIpc) is 2.65. The van der Waals surface area contributed by atoms with Crippen molar-refractivity contribution < 1.29 is 9.21 Å². The number of nitrogens with two attached hydrogens (primary N) is 1. The highest BCUT2D eigenvalue weighted by Crippen LogP contribution is 2.18. The number of halogens is 1. The Labute approximate surface area is 128 Å². The first-order valence-corrected chi connectivity index (χ1v) is 6.54. The third kappa shape index (κ3) is 3.86. The van der Waals surface area contributed by atoms with Gasteiger partial charge in [0.1, 0.15) is 0 Å². The van der Waals surface area contributed by atoms with Gasteiger partial charge in [0.25, 0.3) is 0 Å². The summed E-state index contributed by atoms with van der Waals surface area (Å²) < 4.78 is 6.42. The van der Waals surface area contributed by atoms with Gasteiger partial charge in [-0.15, -0.1) is 12.4 Å². The molecule has 1 aromatic heterocycles. The maximum atomic E-state index is 11.9. The highest BCUT2D eigenvalue weighted by molar-refractivity contribution is 5.96. The molecule has 0 unspecified atom stereocenters. The van der Waals surface area contributed by atoms with Crippen LogP contribution < -0.4 is 16.8 Å². The first-order valence-electron chi connectivity index (χ1n) is 6.54. The Kier molecular flexibility index (Phi) is 5.57. The summed E-state index contributed by atoms with van der Waals surface area (Å²) in [5.41, 5.74) is 7.54. The minimum absolute atomic E-state index is 0. The summed E-state index contributed by atoms with van der Waals surface area (Å²) in [5.74, 6) is -0.306. The van der Waals surface area contributed by atoms with Crippen molar-refractivity contribution in [3.63, 3.8) is 0 Å². The summed E-state index contributed by atoms with van der Waals surface area (Å²) in [6.07, 6.45) is 0.623. The molecule has 0 radical (unpaired) electrons. The van der Waals surface area contributed by atoms with Gasteiger partial charge in [-0.05, 0) is 30.5 Å². The fraction of sp³-hybridized carbons (Fsp3) is 0.429. The number of aromatic nitrogens is 1. The first-order chi connectivity index (χ1) is 9.38. The van der Waals surface area contributed by atoms with Gasteiger partial charge in [0, 0.05) is 12.7 Å². The number of benzene rings is 1. The first kappa shape index (κ1) is 17.3. The van der Waals surface area contributed by atoms with Crippen molar-refractivity contribution in [2.45, 2.75) is 26.3 Å². The lowest BCUT2D eigenvalue weighted by molar-refractivity contribution is -0.117. The number of anilines is 1. The molecule has 0 saturated carbocycles. The number of fused-ring (bicyclic) bond motifs is 1. The minimum atomic E-state index is -0.543. The molecule has 0 spiro atoms. The molecular weight excluding hydrogens is 294 g/mol. The van der Waals surface area contributed by atoms with E-state index in [-0.39, 0.29) is 18.3 Å². The number of nitrogens with one attached hydrogen (secondary N) is 1. The number of amides is 1. The van der Waals surface area contributed by atoms with Crippen LogP contribution in [0.25, 0.3) is 11.1 Å². The molecule has 0 aliphatic heterocycles. The Morgan fingerprint density at radius 1 is 1.43 bits per heavy atom. The van der Waals surface area contributed by atoms with Crippen LogP contribution >= 0.6 is 12.4 Å². The van der Waals surface area contributed by atoms with Crippen LogP contribution in [0.4, 0.5) is 5.69 Å². The van der Waals surface area contributed by atoms with Gasteiger partial charge in [0.2, 0.25) is 5.91 Å². The molecule has 0 aliphatic carbocycles. The Bertz CT molecular complexity index is 690. The largest absolute Gasteiger partial charge is 0.419 e. The topological polar surface area (TPSA) is 90.3 Å². The zero-order valence-electron chi connectivity index (χ0n) is 12.3. The fourth-order valence-corrected chi connectivity index (χ4v) is 2.05. The summed E-state index contributed by atoms with van der Waals surface area (Å²) >= 11 is 0. The molecule has 3 N–H and O–H groups in total. The van der Waals surface area contributed by atoms with Crippen LogP contribution in [-0.2, 0) is 11.8 Å². The molecule has 2 rings (SSSR count). The van der Waals surface area contributed by atoms with E-state index < -0.39 is 11.8 Å². The van der Waals surface area contributed by atoms with E-state index in [1.165, 1.54) is 4.57 Å². The molecule has 116 valence electrons. The molecule has 0 fully saturated rings. The average molecular weight is 314 g/mol. The monoisotopic (exact) mass is 313 g/mol. The van der Waals surface area contributed by atoms with Gasteiger partial charge < -0.3 is 15.5 Å². The molecule has 2 aromatic rings. The highest BCUT2D eigenvalue weighted by Gasteiger charge is 2.15. The molecular formula is C14H20ClN3O3. The van der Waals surface area contributed by atoms with Crippen molar-refractivity contribution in [3.8, 4) is 0 Å². The van der Waals surface area contributed by atoms with Crippen molar-refractivity contribution >= 4 is 35.1 Å². The molecule has 6 nitrogen and oxygen atoms in total. The summed E-state index contributed by atoms with van der Waals surface area (Å²) in [6.45, 7) is 4.03. The Morgan fingerprint density at radius 2 is 2.10 bits per heavy atom. The van der Waals surface area contributed by atoms with Crippen molar-refractivity contribution in [1.82, 2.24) is 4.57 Å². The van der Waals surface area contributed by atoms with Crippen molar-refractivity contribution in [3.05, 3.63) is 28.7 Å². The van der Waals surface area contributed by atoms with Gasteiger partial charge in [-0.25, -0.2) is 4.79 Å². The number of nitrogens with zero attached hydrogens (tertiary/aromatic N) is 1. The summed E-state index contributed by atoms with van der Waals surface area (Å²) in [7, 11) is 1.62. The standard InChI is InChI=1S/C14H19N3O3.ClH/c1-8(2)6-10(15)13(18)16-9-4-5-12-11(7-9)17(3)14(19)20-12;/h4-5,7-8,10H,6,15H2,1-3H3,(H,16,18);1H/t10-;/m0./s1. The SMILES string of the molecule is CC(C)C[C@H](N)C(=O)Nc1ccc2oc(=O)n(C)c2c1.Cl. The number of carbonyl (C=O) groups is 1. The molecule has 21 heavy (non-hydrogen) atoms. The van der Waals surface area contributed by atoms with Crippen LogP contribution in [0.3, 0.4) is 0 Å². The summed E-state index contributed by atoms with van der Waals surface area (Å²) in [6, 6.07) is 4.49. The van der Waals surface area contributed by atoms with Gasteiger partial charge in [-0.2, -0.15) is 0 Å². The van der Waals surface area contributed by atoms with E-state index >= 15 is 0 Å². The molecule has 0 aliphatic rings. The van der Waals surface area contributed by atoms with Crippen LogP contribution in [-0.4, -0.2) is 16.5 Å². The second-order valence-corrected chi connectivity index (χ2v) is 5.33. The third-order valence-electron chi connectivity index (χ3n) is 3.12. The quantitative estimate of drug-likeness (QED) is 0.901. The third-order valence-corrected chi connectivity index (χ3v) is 3.12. The zero-order valence-corrected chi connectivity index (χ0v) is 13.1. The van der Waals surface area contributed by atoms with Gasteiger partial charge in [0.05, 0.1) is 11.6 Å². The van der Waals surface area contributed by atoms with Crippen molar-refractivity contribution in [2.75, 3.05) is 5.32 Å². The molecule has 0 bridgehead atoms. The van der Waals surface area contributed by atoms with E-state index in [0.717, 1.165) is 0 Å². The van der Waals surface area contributed by atoms with E-state index in [1.54, 1.807) is 25.2 Å².